The van der Waals surface area contributed by atoms with Crippen LogP contribution in [0.4, 0.5) is 0 Å². The number of carbonyl (C=O) groups is 1. The predicted molar refractivity (Wildman–Crippen MR) is 210 cm³/mol. The third-order valence-electron chi connectivity index (χ3n) is 7.11. The Hall–Kier alpha value is -2.78. The van der Waals surface area contributed by atoms with Crippen LogP contribution in [0.15, 0.2) is 53.4 Å². The zero-order chi connectivity index (χ0) is 41.3. The van der Waals surface area contributed by atoms with Crippen LogP contribution in [0.5, 0.6) is 5.75 Å². The Bertz CT molecular complexity index is 1370. The highest BCUT2D eigenvalue weighted by atomic mass is 32.2. The maximum atomic E-state index is 12.1. The molecule has 0 atom stereocenters. The summed E-state index contributed by atoms with van der Waals surface area (Å²) in [6.45, 7) is 16.3. The van der Waals surface area contributed by atoms with Gasteiger partial charge in [0.05, 0.1) is 149 Å². The summed E-state index contributed by atoms with van der Waals surface area (Å²) in [4.78, 5) is 12.2. The molecule has 326 valence electrons. The van der Waals surface area contributed by atoms with E-state index >= 15 is 0 Å². The average Bonchev–Trinajstić information content (AvgIpc) is 3.17. The molecule has 17 heteroatoms. The summed E-state index contributed by atoms with van der Waals surface area (Å²) in [5.41, 5.74) is 0.910. The van der Waals surface area contributed by atoms with Crippen molar-refractivity contribution in [3.05, 3.63) is 59.7 Å². The van der Waals surface area contributed by atoms with Crippen LogP contribution in [0.25, 0.3) is 0 Å². The topological polar surface area (TPSA) is 171 Å². The summed E-state index contributed by atoms with van der Waals surface area (Å²) in [5, 5.41) is 0. The van der Waals surface area contributed by atoms with Crippen molar-refractivity contribution in [2.24, 2.45) is 0 Å². The third kappa shape index (κ3) is 28.3. The average molecular weight is 833 g/mol. The first-order chi connectivity index (χ1) is 27.6. The van der Waals surface area contributed by atoms with Crippen molar-refractivity contribution in [3.63, 3.8) is 0 Å². The second kappa shape index (κ2) is 32.1. The molecule has 0 saturated carbocycles. The van der Waals surface area contributed by atoms with Gasteiger partial charge in [-0.2, -0.15) is 8.42 Å². The molecule has 16 nitrogen and oxygen atoms in total. The van der Waals surface area contributed by atoms with Gasteiger partial charge in [-0.05, 0) is 64.1 Å². The van der Waals surface area contributed by atoms with Crippen LogP contribution < -0.4 is 4.74 Å². The fourth-order valence-electron chi connectivity index (χ4n) is 4.30. The summed E-state index contributed by atoms with van der Waals surface area (Å²) in [5.74, 6) is 0.287. The maximum Gasteiger partial charge on any atom is 0.338 e. The normalized spacial score (nSPS) is 11.9. The molecule has 57 heavy (non-hydrogen) atoms. The Morgan fingerprint density at radius 3 is 1.11 bits per heavy atom. The number of hydrogen-bond donors (Lipinski definition) is 0. The lowest BCUT2D eigenvalue weighted by atomic mass is 10.1. The summed E-state index contributed by atoms with van der Waals surface area (Å²) in [7, 11) is -3.78. The highest BCUT2D eigenvalue weighted by Gasteiger charge is 2.18. The molecule has 0 N–H and O–H groups in total. The highest BCUT2D eigenvalue weighted by Crippen LogP contribution is 2.16. The van der Waals surface area contributed by atoms with E-state index in [9.17, 15) is 13.2 Å². The Labute approximate surface area is 338 Å². The van der Waals surface area contributed by atoms with E-state index in [4.69, 9.17) is 61.0 Å². The van der Waals surface area contributed by atoms with Gasteiger partial charge in [-0.25, -0.2) is 4.79 Å². The summed E-state index contributed by atoms with van der Waals surface area (Å²) in [6.07, 6.45) is 0. The molecule has 0 aliphatic rings. The highest BCUT2D eigenvalue weighted by molar-refractivity contribution is 7.86. The zero-order valence-corrected chi connectivity index (χ0v) is 34.9. The van der Waals surface area contributed by atoms with E-state index in [-0.39, 0.29) is 24.1 Å². The van der Waals surface area contributed by atoms with E-state index < -0.39 is 15.7 Å². The Morgan fingerprint density at radius 1 is 0.456 bits per heavy atom. The van der Waals surface area contributed by atoms with Crippen LogP contribution in [0, 0.1) is 6.92 Å². The van der Waals surface area contributed by atoms with E-state index in [0.29, 0.717) is 143 Å². The molecule has 0 bridgehead atoms. The predicted octanol–water partition coefficient (Wildman–Crippen LogP) is 3.90. The van der Waals surface area contributed by atoms with Gasteiger partial charge in [-0.1, -0.05) is 17.7 Å². The molecule has 0 aliphatic carbocycles. The van der Waals surface area contributed by atoms with Gasteiger partial charge in [-0.3, -0.25) is 4.18 Å². The molecular weight excluding hydrogens is 768 g/mol. The van der Waals surface area contributed by atoms with Crippen molar-refractivity contribution in [3.8, 4) is 5.75 Å². The van der Waals surface area contributed by atoms with Gasteiger partial charge >= 0.3 is 5.97 Å². The van der Waals surface area contributed by atoms with E-state index in [2.05, 4.69) is 0 Å². The lowest BCUT2D eigenvalue weighted by Crippen LogP contribution is -2.23. The largest absolute Gasteiger partial charge is 0.491 e. The van der Waals surface area contributed by atoms with E-state index in [1.54, 1.807) is 36.4 Å². The molecule has 2 aromatic carbocycles. The number of hydrogen-bond acceptors (Lipinski definition) is 16. The van der Waals surface area contributed by atoms with Crippen LogP contribution in [0.3, 0.4) is 0 Å². The number of benzene rings is 2. The van der Waals surface area contributed by atoms with Crippen LogP contribution >= 0.6 is 0 Å². The second-order valence-electron chi connectivity index (χ2n) is 13.1. The lowest BCUT2D eigenvalue weighted by molar-refractivity contribution is -0.0269. The number of carbonyl (C=O) groups excluding carboxylic acids is 1. The standard InChI is InChI=1S/C40H64O16S/c1-35-5-11-38(12-6-35)57(42,43)55-34-32-53-30-28-51-26-24-49-22-20-47-18-16-45-14-13-44-15-17-46-19-21-48-23-25-50-27-29-52-31-33-54-37-9-7-36(8-10-37)39(41)56-40(2,3)4/h5-12H,13-34H2,1-4H3. The fourth-order valence-corrected chi connectivity index (χ4v) is 5.19. The summed E-state index contributed by atoms with van der Waals surface area (Å²) >= 11 is 0. The minimum absolute atomic E-state index is 0.0660. The monoisotopic (exact) mass is 832 g/mol. The quantitative estimate of drug-likeness (QED) is 0.0545. The van der Waals surface area contributed by atoms with E-state index in [1.807, 2.05) is 27.7 Å². The SMILES string of the molecule is Cc1ccc(S(=O)(=O)OCCOCCOCCOCCOCCOCCOCCOCCOCCOCCOCCOc2ccc(C(=O)OC(C)(C)C)cc2)cc1. The number of rotatable bonds is 37. The van der Waals surface area contributed by atoms with Crippen molar-refractivity contribution in [2.45, 2.75) is 38.2 Å². The van der Waals surface area contributed by atoms with Gasteiger partial charge in [0.1, 0.15) is 18.0 Å². The van der Waals surface area contributed by atoms with Gasteiger partial charge in [0.2, 0.25) is 0 Å². The van der Waals surface area contributed by atoms with Crippen LogP contribution in [-0.2, 0) is 66.4 Å². The smallest absolute Gasteiger partial charge is 0.338 e. The lowest BCUT2D eigenvalue weighted by Gasteiger charge is -2.19. The van der Waals surface area contributed by atoms with Gasteiger partial charge in [0.15, 0.2) is 0 Å². The number of esters is 1. The fraction of sp³-hybridized carbons (Fsp3) is 0.675. The molecule has 0 amide bonds. The zero-order valence-electron chi connectivity index (χ0n) is 34.1. The number of aryl methyl sites for hydroxylation is 1. The van der Waals surface area contributed by atoms with Gasteiger partial charge in [-0.15, -0.1) is 0 Å². The molecular formula is C40H64O16S. The first-order valence-corrected chi connectivity index (χ1v) is 20.7. The summed E-state index contributed by atoms with van der Waals surface area (Å²) in [6, 6.07) is 13.3. The van der Waals surface area contributed by atoms with Crippen LogP contribution in [-0.4, -0.2) is 165 Å². The molecule has 0 saturated heterocycles. The van der Waals surface area contributed by atoms with Crippen molar-refractivity contribution >= 4 is 16.1 Å². The van der Waals surface area contributed by atoms with Gasteiger partial charge < -0.3 is 56.8 Å². The molecule has 0 aromatic heterocycles. The maximum absolute atomic E-state index is 12.1. The molecule has 0 unspecified atom stereocenters. The third-order valence-corrected chi connectivity index (χ3v) is 8.44. The van der Waals surface area contributed by atoms with E-state index in [1.165, 1.54) is 12.1 Å². The van der Waals surface area contributed by atoms with Gasteiger partial charge in [0.25, 0.3) is 10.1 Å². The Balaban J connectivity index is 1.20. The minimum atomic E-state index is -3.78. The van der Waals surface area contributed by atoms with Crippen molar-refractivity contribution in [2.75, 3.05) is 145 Å². The Morgan fingerprint density at radius 2 is 0.772 bits per heavy atom. The molecule has 2 aromatic rings. The Kier molecular flexibility index (Phi) is 28.4. The minimum Gasteiger partial charge on any atom is -0.491 e. The molecule has 0 fully saturated rings. The van der Waals surface area contributed by atoms with Crippen molar-refractivity contribution < 1.29 is 74.2 Å². The first-order valence-electron chi connectivity index (χ1n) is 19.3. The summed E-state index contributed by atoms with van der Waals surface area (Å²) < 4.78 is 94.8. The number of ether oxygens (including phenoxy) is 12. The molecule has 0 spiro atoms. The van der Waals surface area contributed by atoms with Crippen molar-refractivity contribution in [1.82, 2.24) is 0 Å². The second-order valence-corrected chi connectivity index (χ2v) is 14.7. The van der Waals surface area contributed by atoms with E-state index in [0.717, 1.165) is 5.56 Å². The first kappa shape index (κ1) is 50.4. The van der Waals surface area contributed by atoms with Crippen LogP contribution in [0.2, 0.25) is 0 Å². The van der Waals surface area contributed by atoms with Crippen LogP contribution in [0.1, 0.15) is 36.7 Å². The molecule has 0 radical (unpaired) electrons. The van der Waals surface area contributed by atoms with Gasteiger partial charge in [0, 0.05) is 0 Å². The molecule has 0 heterocycles. The van der Waals surface area contributed by atoms with Crippen molar-refractivity contribution in [1.29, 1.82) is 0 Å². The molecule has 0 aliphatic heterocycles. The molecule has 2 rings (SSSR count).